The Morgan fingerprint density at radius 1 is 1.50 bits per heavy atom. The van der Waals surface area contributed by atoms with Gasteiger partial charge in [-0.05, 0) is 24.6 Å². The van der Waals surface area contributed by atoms with Crippen molar-refractivity contribution in [2.24, 2.45) is 0 Å². The number of nitrogens with one attached hydrogen (secondary N) is 2. The van der Waals surface area contributed by atoms with Crippen molar-refractivity contribution in [1.29, 1.82) is 5.26 Å². The standard InChI is InChI=1S/C14H17N3OS2/c1-10(5-6-15)16-14(18)17-12-4-2-3-11(9-12)13-19-7-8-20-13/h2-4,9-10,13H,5,7-8H2,1H3,(H2,16,17,18)/t10-/m0/s1. The van der Waals surface area contributed by atoms with Gasteiger partial charge in [-0.2, -0.15) is 5.26 Å². The maximum Gasteiger partial charge on any atom is 0.319 e. The predicted molar refractivity (Wildman–Crippen MR) is 85.9 cm³/mol. The third-order valence-electron chi connectivity index (χ3n) is 2.81. The monoisotopic (exact) mass is 307 g/mol. The van der Waals surface area contributed by atoms with Crippen LogP contribution in [0.4, 0.5) is 10.5 Å². The Balaban J connectivity index is 1.94. The summed E-state index contributed by atoms with van der Waals surface area (Å²) in [5.41, 5.74) is 2.03. The van der Waals surface area contributed by atoms with E-state index in [0.29, 0.717) is 11.0 Å². The van der Waals surface area contributed by atoms with Crippen molar-refractivity contribution in [2.45, 2.75) is 24.0 Å². The minimum atomic E-state index is -0.267. The molecule has 0 aromatic heterocycles. The maximum atomic E-state index is 11.8. The van der Waals surface area contributed by atoms with Crippen molar-refractivity contribution in [3.8, 4) is 6.07 Å². The number of nitriles is 1. The second-order valence-electron chi connectivity index (χ2n) is 4.56. The fourth-order valence-electron chi connectivity index (χ4n) is 1.89. The molecule has 4 nitrogen and oxygen atoms in total. The van der Waals surface area contributed by atoms with E-state index in [1.165, 1.54) is 17.1 Å². The highest BCUT2D eigenvalue weighted by Crippen LogP contribution is 2.45. The molecule has 1 aromatic carbocycles. The number of hydrogen-bond donors (Lipinski definition) is 2. The van der Waals surface area contributed by atoms with E-state index in [1.54, 1.807) is 0 Å². The molecule has 1 heterocycles. The van der Waals surface area contributed by atoms with Gasteiger partial charge in [-0.25, -0.2) is 4.79 Å². The summed E-state index contributed by atoms with van der Waals surface area (Å²) >= 11 is 3.88. The fraction of sp³-hybridized carbons (Fsp3) is 0.429. The molecule has 0 radical (unpaired) electrons. The zero-order valence-electron chi connectivity index (χ0n) is 11.3. The third-order valence-corrected chi connectivity index (χ3v) is 5.92. The molecular formula is C14H17N3OS2. The van der Waals surface area contributed by atoms with Gasteiger partial charge in [0, 0.05) is 23.2 Å². The first-order valence-electron chi connectivity index (χ1n) is 6.46. The molecule has 0 bridgehead atoms. The van der Waals surface area contributed by atoms with Gasteiger partial charge in [-0.1, -0.05) is 12.1 Å². The van der Waals surface area contributed by atoms with Crippen LogP contribution < -0.4 is 10.6 Å². The Kier molecular flexibility index (Phi) is 5.62. The van der Waals surface area contributed by atoms with Crippen LogP contribution >= 0.6 is 23.5 Å². The summed E-state index contributed by atoms with van der Waals surface area (Å²) < 4.78 is 0.470. The molecule has 1 aromatic rings. The Bertz CT molecular complexity index is 509. The highest BCUT2D eigenvalue weighted by atomic mass is 32.2. The molecular weight excluding hydrogens is 290 g/mol. The molecule has 0 aliphatic carbocycles. The summed E-state index contributed by atoms with van der Waals surface area (Å²) in [6.45, 7) is 1.81. The molecule has 2 amide bonds. The highest BCUT2D eigenvalue weighted by molar-refractivity contribution is 8.19. The minimum Gasteiger partial charge on any atom is -0.334 e. The summed E-state index contributed by atoms with van der Waals surface area (Å²) in [5, 5.41) is 14.1. The lowest BCUT2D eigenvalue weighted by Crippen LogP contribution is -2.35. The first-order chi connectivity index (χ1) is 9.69. The summed E-state index contributed by atoms with van der Waals surface area (Å²) in [7, 11) is 0. The first kappa shape index (κ1) is 15.1. The lowest BCUT2D eigenvalue weighted by Gasteiger charge is -2.13. The third kappa shape index (κ3) is 4.36. The van der Waals surface area contributed by atoms with Gasteiger partial charge in [0.15, 0.2) is 0 Å². The average Bonchev–Trinajstić information content (AvgIpc) is 2.92. The molecule has 1 atom stereocenters. The van der Waals surface area contributed by atoms with Crippen LogP contribution in [0.2, 0.25) is 0 Å². The van der Waals surface area contributed by atoms with Gasteiger partial charge in [0.1, 0.15) is 0 Å². The Morgan fingerprint density at radius 3 is 2.95 bits per heavy atom. The summed E-state index contributed by atoms with van der Waals surface area (Å²) in [6.07, 6.45) is 0.308. The van der Waals surface area contributed by atoms with E-state index in [9.17, 15) is 4.79 Å². The van der Waals surface area contributed by atoms with Crippen molar-refractivity contribution in [2.75, 3.05) is 16.8 Å². The van der Waals surface area contributed by atoms with Gasteiger partial charge in [0.05, 0.1) is 17.1 Å². The van der Waals surface area contributed by atoms with E-state index in [-0.39, 0.29) is 12.1 Å². The van der Waals surface area contributed by atoms with E-state index in [2.05, 4.69) is 16.7 Å². The molecule has 1 fully saturated rings. The first-order valence-corrected chi connectivity index (χ1v) is 8.56. The van der Waals surface area contributed by atoms with Crippen LogP contribution in [-0.4, -0.2) is 23.6 Å². The number of hydrogen-bond acceptors (Lipinski definition) is 4. The zero-order chi connectivity index (χ0) is 14.4. The van der Waals surface area contributed by atoms with Crippen LogP contribution in [0.5, 0.6) is 0 Å². The van der Waals surface area contributed by atoms with Crippen molar-refractivity contribution >= 4 is 35.2 Å². The fourth-order valence-corrected chi connectivity index (χ4v) is 4.73. The number of nitrogens with zero attached hydrogens (tertiary/aromatic N) is 1. The summed E-state index contributed by atoms with van der Waals surface area (Å²) in [4.78, 5) is 11.8. The van der Waals surface area contributed by atoms with Crippen LogP contribution in [0.25, 0.3) is 0 Å². The van der Waals surface area contributed by atoms with Crippen LogP contribution in [0.1, 0.15) is 23.5 Å². The van der Waals surface area contributed by atoms with Crippen molar-refractivity contribution in [3.63, 3.8) is 0 Å². The molecule has 1 saturated heterocycles. The number of thioether (sulfide) groups is 2. The quantitative estimate of drug-likeness (QED) is 0.892. The summed E-state index contributed by atoms with van der Waals surface area (Å²) in [6, 6.07) is 9.57. The number of rotatable bonds is 4. The molecule has 2 N–H and O–H groups in total. The number of benzene rings is 1. The second kappa shape index (κ2) is 7.46. The predicted octanol–water partition coefficient (Wildman–Crippen LogP) is 3.59. The lowest BCUT2D eigenvalue weighted by molar-refractivity contribution is 0.249. The largest absolute Gasteiger partial charge is 0.334 e. The van der Waals surface area contributed by atoms with E-state index in [0.717, 1.165) is 5.69 Å². The Morgan fingerprint density at radius 2 is 2.25 bits per heavy atom. The second-order valence-corrected chi connectivity index (χ2v) is 7.29. The average molecular weight is 307 g/mol. The molecule has 1 aliphatic rings. The van der Waals surface area contributed by atoms with Crippen molar-refractivity contribution in [1.82, 2.24) is 5.32 Å². The van der Waals surface area contributed by atoms with Crippen LogP contribution in [0, 0.1) is 11.3 Å². The number of carbonyl (C=O) groups is 1. The topological polar surface area (TPSA) is 64.9 Å². The highest BCUT2D eigenvalue weighted by Gasteiger charge is 2.18. The summed E-state index contributed by atoms with van der Waals surface area (Å²) in [5.74, 6) is 2.36. The molecule has 0 saturated carbocycles. The van der Waals surface area contributed by atoms with Crippen LogP contribution in [-0.2, 0) is 0 Å². The normalized spacial score (nSPS) is 16.4. The molecule has 106 valence electrons. The molecule has 0 spiro atoms. The van der Waals surface area contributed by atoms with E-state index < -0.39 is 0 Å². The van der Waals surface area contributed by atoms with E-state index in [1.807, 2.05) is 54.7 Å². The van der Waals surface area contributed by atoms with Gasteiger partial charge in [-0.3, -0.25) is 0 Å². The van der Waals surface area contributed by atoms with Crippen molar-refractivity contribution in [3.05, 3.63) is 29.8 Å². The van der Waals surface area contributed by atoms with Gasteiger partial charge in [0.25, 0.3) is 0 Å². The van der Waals surface area contributed by atoms with Crippen LogP contribution in [0.3, 0.4) is 0 Å². The maximum absolute atomic E-state index is 11.8. The molecule has 0 unspecified atom stereocenters. The van der Waals surface area contributed by atoms with Gasteiger partial charge in [0.2, 0.25) is 0 Å². The number of amides is 2. The lowest BCUT2D eigenvalue weighted by atomic mass is 10.2. The minimum absolute atomic E-state index is 0.149. The van der Waals surface area contributed by atoms with Crippen LogP contribution in [0.15, 0.2) is 24.3 Å². The smallest absolute Gasteiger partial charge is 0.319 e. The SMILES string of the molecule is C[C@@H](CC#N)NC(=O)Nc1cccc(C2SCCS2)c1. The van der Waals surface area contributed by atoms with E-state index >= 15 is 0 Å². The molecule has 2 rings (SSSR count). The number of carbonyl (C=O) groups excluding carboxylic acids is 1. The van der Waals surface area contributed by atoms with Gasteiger partial charge >= 0.3 is 6.03 Å². The Labute approximate surface area is 127 Å². The van der Waals surface area contributed by atoms with Gasteiger partial charge < -0.3 is 10.6 Å². The zero-order valence-corrected chi connectivity index (χ0v) is 12.9. The number of urea groups is 1. The number of anilines is 1. The molecule has 20 heavy (non-hydrogen) atoms. The Hall–Kier alpha value is -1.32. The van der Waals surface area contributed by atoms with E-state index in [4.69, 9.17) is 5.26 Å². The molecule has 6 heteroatoms. The van der Waals surface area contributed by atoms with Crippen molar-refractivity contribution < 1.29 is 4.79 Å². The van der Waals surface area contributed by atoms with Gasteiger partial charge in [-0.15, -0.1) is 23.5 Å². The molecule has 1 aliphatic heterocycles.